The summed E-state index contributed by atoms with van der Waals surface area (Å²) in [6, 6.07) is 6.13. The monoisotopic (exact) mass is 300 g/mol. The van der Waals surface area contributed by atoms with E-state index in [0.717, 1.165) is 45.0 Å². The summed E-state index contributed by atoms with van der Waals surface area (Å²) in [6.07, 6.45) is -1.11. The minimum atomic E-state index is -4.28. The number of nitrogens with zero attached hydrogens (tertiary/aromatic N) is 1. The molecule has 0 aromatic heterocycles. The predicted octanol–water partition coefficient (Wildman–Crippen LogP) is 3.67. The first-order valence-corrected chi connectivity index (χ1v) is 7.61. The van der Waals surface area contributed by atoms with Crippen molar-refractivity contribution in [3.05, 3.63) is 35.4 Å². The fourth-order valence-corrected chi connectivity index (χ4v) is 2.88. The second kappa shape index (κ2) is 7.27. The summed E-state index contributed by atoms with van der Waals surface area (Å²) in [5.74, 6) is 0. The molecule has 1 aliphatic rings. The fraction of sp³-hybridized carbons (Fsp3) is 0.625. The van der Waals surface area contributed by atoms with E-state index in [-0.39, 0.29) is 6.54 Å². The smallest absolute Gasteiger partial charge is 0.310 e. The van der Waals surface area contributed by atoms with Crippen molar-refractivity contribution < 1.29 is 13.2 Å². The number of rotatable bonds is 5. The van der Waals surface area contributed by atoms with Crippen LogP contribution in [0.5, 0.6) is 0 Å². The van der Waals surface area contributed by atoms with E-state index in [1.807, 2.05) is 0 Å². The normalized spacial score (nSPS) is 18.1. The van der Waals surface area contributed by atoms with Crippen LogP contribution >= 0.6 is 0 Å². The number of benzene rings is 1. The van der Waals surface area contributed by atoms with Crippen LogP contribution < -0.4 is 5.32 Å². The third-order valence-corrected chi connectivity index (χ3v) is 4.03. The summed E-state index contributed by atoms with van der Waals surface area (Å²) in [7, 11) is 0. The Morgan fingerprint density at radius 1 is 1.19 bits per heavy atom. The van der Waals surface area contributed by atoms with Crippen LogP contribution in [-0.2, 0) is 12.7 Å². The lowest BCUT2D eigenvalue weighted by Gasteiger charge is -2.32. The van der Waals surface area contributed by atoms with Gasteiger partial charge in [0.15, 0.2) is 0 Å². The van der Waals surface area contributed by atoms with Gasteiger partial charge in [-0.05, 0) is 50.5 Å². The quantitative estimate of drug-likeness (QED) is 0.892. The van der Waals surface area contributed by atoms with Crippen molar-refractivity contribution in [1.29, 1.82) is 0 Å². The second-order valence-corrected chi connectivity index (χ2v) is 5.65. The Morgan fingerprint density at radius 3 is 2.48 bits per heavy atom. The molecule has 2 rings (SSSR count). The highest BCUT2D eigenvalue weighted by atomic mass is 19.4. The number of hydrogen-bond acceptors (Lipinski definition) is 2. The van der Waals surface area contributed by atoms with Gasteiger partial charge in [0.25, 0.3) is 0 Å². The van der Waals surface area contributed by atoms with Crippen LogP contribution in [0, 0.1) is 0 Å². The highest BCUT2D eigenvalue weighted by molar-refractivity contribution is 5.29. The molecule has 0 amide bonds. The molecule has 0 saturated carbocycles. The van der Waals surface area contributed by atoms with Gasteiger partial charge in [-0.2, -0.15) is 13.2 Å². The first kappa shape index (κ1) is 16.3. The lowest BCUT2D eigenvalue weighted by Crippen LogP contribution is -2.42. The van der Waals surface area contributed by atoms with Gasteiger partial charge in [0, 0.05) is 12.6 Å². The van der Waals surface area contributed by atoms with Crippen LogP contribution in [0.15, 0.2) is 24.3 Å². The van der Waals surface area contributed by atoms with Crippen molar-refractivity contribution >= 4 is 0 Å². The SMILES string of the molecule is CCCN1CCC(NCc2ccccc2C(F)(F)F)CC1. The average Bonchev–Trinajstić information content (AvgIpc) is 2.46. The number of nitrogens with one attached hydrogen (secondary N) is 1. The molecular weight excluding hydrogens is 277 g/mol. The van der Waals surface area contributed by atoms with Gasteiger partial charge in [-0.25, -0.2) is 0 Å². The van der Waals surface area contributed by atoms with E-state index >= 15 is 0 Å². The van der Waals surface area contributed by atoms with Crippen LogP contribution in [0.4, 0.5) is 13.2 Å². The van der Waals surface area contributed by atoms with Gasteiger partial charge >= 0.3 is 6.18 Å². The molecule has 0 atom stereocenters. The van der Waals surface area contributed by atoms with E-state index in [2.05, 4.69) is 17.1 Å². The predicted molar refractivity (Wildman–Crippen MR) is 78.0 cm³/mol. The van der Waals surface area contributed by atoms with Crippen molar-refractivity contribution in [1.82, 2.24) is 10.2 Å². The topological polar surface area (TPSA) is 15.3 Å². The van der Waals surface area contributed by atoms with Gasteiger partial charge in [-0.3, -0.25) is 0 Å². The van der Waals surface area contributed by atoms with E-state index in [9.17, 15) is 13.2 Å². The number of alkyl halides is 3. The third kappa shape index (κ3) is 4.71. The van der Waals surface area contributed by atoms with Crippen molar-refractivity contribution in [3.63, 3.8) is 0 Å². The highest BCUT2D eigenvalue weighted by Crippen LogP contribution is 2.31. The average molecular weight is 300 g/mol. The number of likely N-dealkylation sites (tertiary alicyclic amines) is 1. The Morgan fingerprint density at radius 2 is 1.86 bits per heavy atom. The number of hydrogen-bond donors (Lipinski definition) is 1. The minimum absolute atomic E-state index is 0.286. The number of halogens is 3. The Balaban J connectivity index is 1.87. The number of piperidine rings is 1. The van der Waals surface area contributed by atoms with Gasteiger partial charge in [0.05, 0.1) is 5.56 Å². The first-order valence-electron chi connectivity index (χ1n) is 7.61. The van der Waals surface area contributed by atoms with Gasteiger partial charge in [-0.1, -0.05) is 25.1 Å². The largest absolute Gasteiger partial charge is 0.416 e. The molecule has 0 radical (unpaired) electrons. The Bertz CT molecular complexity index is 437. The first-order chi connectivity index (χ1) is 10.0. The molecule has 1 aromatic carbocycles. The van der Waals surface area contributed by atoms with Crippen LogP contribution in [-0.4, -0.2) is 30.6 Å². The Kier molecular flexibility index (Phi) is 5.65. The van der Waals surface area contributed by atoms with Crippen LogP contribution in [0.25, 0.3) is 0 Å². The van der Waals surface area contributed by atoms with E-state index < -0.39 is 11.7 Å². The lowest BCUT2D eigenvalue weighted by molar-refractivity contribution is -0.138. The molecule has 118 valence electrons. The Hall–Kier alpha value is -1.07. The summed E-state index contributed by atoms with van der Waals surface area (Å²) in [5.41, 5.74) is -0.193. The zero-order chi connectivity index (χ0) is 15.3. The van der Waals surface area contributed by atoms with Gasteiger partial charge in [-0.15, -0.1) is 0 Å². The molecule has 0 aliphatic carbocycles. The zero-order valence-electron chi connectivity index (χ0n) is 12.4. The van der Waals surface area contributed by atoms with Crippen LogP contribution in [0.2, 0.25) is 0 Å². The van der Waals surface area contributed by atoms with E-state index in [0.29, 0.717) is 11.6 Å². The van der Waals surface area contributed by atoms with Crippen LogP contribution in [0.1, 0.15) is 37.3 Å². The fourth-order valence-electron chi connectivity index (χ4n) is 2.88. The summed E-state index contributed by atoms with van der Waals surface area (Å²) in [6.45, 7) is 5.63. The standard InChI is InChI=1S/C16H23F3N2/c1-2-9-21-10-7-14(8-11-21)20-12-13-5-3-4-6-15(13)16(17,18)19/h3-6,14,20H,2,7-12H2,1H3. The molecule has 1 saturated heterocycles. The molecule has 1 heterocycles. The zero-order valence-corrected chi connectivity index (χ0v) is 12.4. The van der Waals surface area contributed by atoms with Crippen molar-refractivity contribution in [3.8, 4) is 0 Å². The van der Waals surface area contributed by atoms with Crippen LogP contribution in [0.3, 0.4) is 0 Å². The summed E-state index contributed by atoms with van der Waals surface area (Å²) < 4.78 is 38.7. The molecule has 0 spiro atoms. The summed E-state index contributed by atoms with van der Waals surface area (Å²) in [5, 5.41) is 3.29. The molecule has 0 bridgehead atoms. The van der Waals surface area contributed by atoms with Crippen molar-refractivity contribution in [2.24, 2.45) is 0 Å². The molecule has 1 aliphatic heterocycles. The molecule has 1 N–H and O–H groups in total. The summed E-state index contributed by atoms with van der Waals surface area (Å²) >= 11 is 0. The van der Waals surface area contributed by atoms with Gasteiger partial charge in [0.1, 0.15) is 0 Å². The van der Waals surface area contributed by atoms with E-state index in [4.69, 9.17) is 0 Å². The van der Waals surface area contributed by atoms with Crippen molar-refractivity contribution in [2.45, 2.75) is 44.9 Å². The van der Waals surface area contributed by atoms with Gasteiger partial charge < -0.3 is 10.2 Å². The van der Waals surface area contributed by atoms with Gasteiger partial charge in [0.2, 0.25) is 0 Å². The maximum atomic E-state index is 12.9. The van der Waals surface area contributed by atoms with E-state index in [1.165, 1.54) is 6.07 Å². The maximum Gasteiger partial charge on any atom is 0.416 e. The van der Waals surface area contributed by atoms with Crippen molar-refractivity contribution in [2.75, 3.05) is 19.6 Å². The lowest BCUT2D eigenvalue weighted by atomic mass is 10.0. The third-order valence-electron chi connectivity index (χ3n) is 4.03. The summed E-state index contributed by atoms with van der Waals surface area (Å²) in [4.78, 5) is 2.42. The molecule has 21 heavy (non-hydrogen) atoms. The molecule has 1 fully saturated rings. The molecular formula is C16H23F3N2. The Labute approximate surface area is 124 Å². The maximum absolute atomic E-state index is 12.9. The molecule has 2 nitrogen and oxygen atoms in total. The molecule has 0 unspecified atom stereocenters. The molecule has 1 aromatic rings. The molecule has 5 heteroatoms. The highest BCUT2D eigenvalue weighted by Gasteiger charge is 2.32. The van der Waals surface area contributed by atoms with E-state index in [1.54, 1.807) is 12.1 Å². The minimum Gasteiger partial charge on any atom is -0.310 e. The second-order valence-electron chi connectivity index (χ2n) is 5.65.